The van der Waals surface area contributed by atoms with E-state index in [1.807, 2.05) is 0 Å². The summed E-state index contributed by atoms with van der Waals surface area (Å²) in [5, 5.41) is 0. The molecule has 3 heteroatoms. The normalized spacial score (nSPS) is 47.6. The molecule has 4 aliphatic rings. The molecule has 4 rings (SSSR count). The Balaban J connectivity index is 1.39. The van der Waals surface area contributed by atoms with Crippen LogP contribution < -0.4 is 0 Å². The average molecular weight is 292 g/mol. The van der Waals surface area contributed by atoms with Crippen molar-refractivity contribution in [2.75, 3.05) is 6.61 Å². The van der Waals surface area contributed by atoms with E-state index in [9.17, 15) is 4.79 Å². The number of esters is 1. The Labute approximate surface area is 127 Å². The first-order valence-corrected chi connectivity index (χ1v) is 8.95. The van der Waals surface area contributed by atoms with Crippen molar-refractivity contribution in [2.24, 2.45) is 29.6 Å². The molecule has 3 aliphatic carbocycles. The number of hydrogen-bond donors (Lipinski definition) is 0. The molecule has 3 nitrogen and oxygen atoms in total. The Kier molecular flexibility index (Phi) is 3.33. The summed E-state index contributed by atoms with van der Waals surface area (Å²) in [6.45, 7) is 4.64. The van der Waals surface area contributed by atoms with Crippen LogP contribution in [0.2, 0.25) is 0 Å². The maximum absolute atomic E-state index is 11.2. The molecule has 7 unspecified atom stereocenters. The van der Waals surface area contributed by atoms with Crippen LogP contribution in [0.5, 0.6) is 0 Å². The van der Waals surface area contributed by atoms with Gasteiger partial charge >= 0.3 is 5.97 Å². The van der Waals surface area contributed by atoms with E-state index in [1.54, 1.807) is 0 Å². The number of hydrogen-bond acceptors (Lipinski definition) is 3. The van der Waals surface area contributed by atoms with E-state index in [1.165, 1.54) is 39.0 Å². The molecule has 1 aliphatic heterocycles. The molecular weight excluding hydrogens is 264 g/mol. The number of fused-ring (bicyclic) bond motifs is 1. The van der Waals surface area contributed by atoms with Crippen molar-refractivity contribution < 1.29 is 14.3 Å². The van der Waals surface area contributed by atoms with Crippen LogP contribution in [-0.4, -0.2) is 24.3 Å². The topological polar surface area (TPSA) is 38.8 Å². The summed E-state index contributed by atoms with van der Waals surface area (Å²) in [7, 11) is 0. The van der Waals surface area contributed by atoms with Gasteiger partial charge in [-0.05, 0) is 74.5 Å². The smallest absolute Gasteiger partial charge is 0.302 e. The number of rotatable bonds is 5. The molecule has 0 radical (unpaired) electrons. The molecule has 1 saturated heterocycles. The van der Waals surface area contributed by atoms with Crippen molar-refractivity contribution in [2.45, 2.75) is 70.5 Å². The summed E-state index contributed by atoms with van der Waals surface area (Å²) >= 11 is 0. The van der Waals surface area contributed by atoms with Crippen molar-refractivity contribution >= 4 is 5.97 Å². The zero-order chi connectivity index (χ0) is 14.6. The van der Waals surface area contributed by atoms with E-state index in [2.05, 4.69) is 6.92 Å². The SMILES string of the molecule is CCC(CCC1CC2CCC3CC(C23)C12CO2)OC(C)=O. The summed E-state index contributed by atoms with van der Waals surface area (Å²) in [4.78, 5) is 11.2. The third-order valence-electron chi connectivity index (χ3n) is 7.03. The molecule has 0 aromatic rings. The van der Waals surface area contributed by atoms with Crippen molar-refractivity contribution in [1.82, 2.24) is 0 Å². The Morgan fingerprint density at radius 1 is 1.33 bits per heavy atom. The quantitative estimate of drug-likeness (QED) is 0.574. The largest absolute Gasteiger partial charge is 0.463 e. The summed E-state index contributed by atoms with van der Waals surface area (Å²) in [5.74, 6) is 4.45. The van der Waals surface area contributed by atoms with E-state index >= 15 is 0 Å². The Bertz CT molecular complexity index is 428. The maximum atomic E-state index is 11.2. The minimum absolute atomic E-state index is 0.105. The lowest BCUT2D eigenvalue weighted by Gasteiger charge is -2.53. The zero-order valence-corrected chi connectivity index (χ0v) is 13.3. The van der Waals surface area contributed by atoms with Crippen molar-refractivity contribution in [3.8, 4) is 0 Å². The molecule has 0 aromatic heterocycles. The number of carbonyl (C=O) groups is 1. The van der Waals surface area contributed by atoms with Gasteiger partial charge in [0.15, 0.2) is 0 Å². The highest BCUT2D eigenvalue weighted by Gasteiger charge is 2.69. The summed E-state index contributed by atoms with van der Waals surface area (Å²) in [6.07, 6.45) is 8.95. The Hall–Kier alpha value is -0.570. The van der Waals surface area contributed by atoms with Crippen LogP contribution >= 0.6 is 0 Å². The number of epoxide rings is 1. The Morgan fingerprint density at radius 2 is 2.05 bits per heavy atom. The highest BCUT2D eigenvalue weighted by molar-refractivity contribution is 5.66. The fraction of sp³-hybridized carbons (Fsp3) is 0.944. The third kappa shape index (κ3) is 2.15. The predicted molar refractivity (Wildman–Crippen MR) is 79.7 cm³/mol. The first-order valence-electron chi connectivity index (χ1n) is 8.95. The maximum Gasteiger partial charge on any atom is 0.302 e. The lowest BCUT2D eigenvalue weighted by atomic mass is 9.51. The van der Waals surface area contributed by atoms with Crippen LogP contribution in [0.1, 0.15) is 58.8 Å². The Morgan fingerprint density at radius 3 is 2.67 bits per heavy atom. The van der Waals surface area contributed by atoms with Gasteiger partial charge in [-0.15, -0.1) is 0 Å². The van der Waals surface area contributed by atoms with Crippen molar-refractivity contribution in [1.29, 1.82) is 0 Å². The highest BCUT2D eigenvalue weighted by Crippen LogP contribution is 2.68. The molecule has 0 aromatic carbocycles. The molecule has 0 bridgehead atoms. The van der Waals surface area contributed by atoms with Gasteiger partial charge in [-0.25, -0.2) is 0 Å². The van der Waals surface area contributed by atoms with Gasteiger partial charge in [0.25, 0.3) is 0 Å². The molecule has 3 saturated carbocycles. The molecule has 118 valence electrons. The fourth-order valence-corrected chi connectivity index (χ4v) is 5.95. The summed E-state index contributed by atoms with van der Waals surface area (Å²) < 4.78 is 11.5. The minimum atomic E-state index is -0.138. The van der Waals surface area contributed by atoms with E-state index < -0.39 is 0 Å². The van der Waals surface area contributed by atoms with Crippen molar-refractivity contribution in [3.63, 3.8) is 0 Å². The number of carbonyl (C=O) groups excluding carboxylic acids is 1. The van der Waals surface area contributed by atoms with Gasteiger partial charge in [0.05, 0.1) is 12.2 Å². The molecule has 1 heterocycles. The van der Waals surface area contributed by atoms with Crippen LogP contribution in [0.4, 0.5) is 0 Å². The molecule has 7 atom stereocenters. The second-order valence-corrected chi connectivity index (χ2v) is 7.91. The minimum Gasteiger partial charge on any atom is -0.463 e. The second kappa shape index (κ2) is 4.97. The van der Waals surface area contributed by atoms with Crippen LogP contribution in [-0.2, 0) is 14.3 Å². The average Bonchev–Trinajstić information content (AvgIpc) is 3.11. The first kappa shape index (κ1) is 14.0. The van der Waals surface area contributed by atoms with Gasteiger partial charge in [0.1, 0.15) is 6.10 Å². The highest BCUT2D eigenvalue weighted by atomic mass is 16.6. The lowest BCUT2D eigenvalue weighted by molar-refractivity contribution is -0.147. The first-order chi connectivity index (χ1) is 10.1. The molecule has 1 spiro atoms. The van der Waals surface area contributed by atoms with E-state index in [0.717, 1.165) is 43.1 Å². The molecule has 4 fully saturated rings. The molecular formula is C18H28O3. The van der Waals surface area contributed by atoms with Gasteiger partial charge in [0.2, 0.25) is 0 Å². The van der Waals surface area contributed by atoms with Crippen LogP contribution in [0.25, 0.3) is 0 Å². The fourth-order valence-electron chi connectivity index (χ4n) is 5.95. The standard InChI is InChI=1S/C18H28O3/c1-3-15(21-11(2)19)7-6-14-8-12-4-5-13-9-16(17(12)13)18(14)10-20-18/h12-17H,3-10H2,1-2H3. The van der Waals surface area contributed by atoms with Gasteiger partial charge in [-0.2, -0.15) is 0 Å². The van der Waals surface area contributed by atoms with Gasteiger partial charge in [-0.3, -0.25) is 4.79 Å². The zero-order valence-electron chi connectivity index (χ0n) is 13.3. The third-order valence-corrected chi connectivity index (χ3v) is 7.03. The summed E-state index contributed by atoms with van der Waals surface area (Å²) in [5.41, 5.74) is 0.247. The van der Waals surface area contributed by atoms with Crippen molar-refractivity contribution in [3.05, 3.63) is 0 Å². The predicted octanol–water partition coefficient (Wildman–Crippen LogP) is 3.56. The van der Waals surface area contributed by atoms with Gasteiger partial charge in [0, 0.05) is 6.92 Å². The molecule has 21 heavy (non-hydrogen) atoms. The second-order valence-electron chi connectivity index (χ2n) is 7.91. The lowest BCUT2D eigenvalue weighted by Crippen LogP contribution is -2.53. The van der Waals surface area contributed by atoms with Crippen LogP contribution in [0.3, 0.4) is 0 Å². The van der Waals surface area contributed by atoms with E-state index in [-0.39, 0.29) is 17.7 Å². The van der Waals surface area contributed by atoms with Gasteiger partial charge in [-0.1, -0.05) is 6.92 Å². The summed E-state index contributed by atoms with van der Waals surface area (Å²) in [6, 6.07) is 0. The van der Waals surface area contributed by atoms with Gasteiger partial charge < -0.3 is 9.47 Å². The van der Waals surface area contributed by atoms with E-state index in [0.29, 0.717) is 5.92 Å². The monoisotopic (exact) mass is 292 g/mol. The molecule has 0 N–H and O–H groups in total. The van der Waals surface area contributed by atoms with E-state index in [4.69, 9.17) is 9.47 Å². The molecule has 0 amide bonds. The van der Waals surface area contributed by atoms with Crippen LogP contribution in [0.15, 0.2) is 0 Å². The number of ether oxygens (including phenoxy) is 2. The van der Waals surface area contributed by atoms with Crippen LogP contribution in [0, 0.1) is 29.6 Å².